The molecule has 2 aliphatic carbocycles. The van der Waals surface area contributed by atoms with Gasteiger partial charge >= 0.3 is 0 Å². The smallest absolute Gasteiger partial charge is 0.220 e. The fourth-order valence-electron chi connectivity index (χ4n) is 5.61. The molecule has 0 saturated heterocycles. The highest BCUT2D eigenvalue weighted by Crippen LogP contribution is 2.49. The van der Waals surface area contributed by atoms with Gasteiger partial charge in [0.05, 0.1) is 0 Å². The molecule has 1 amide bonds. The average Bonchev–Trinajstić information content (AvgIpc) is 3.55. The number of nitrogens with one attached hydrogen (secondary N) is 1. The molecule has 1 N–H and O–H groups in total. The van der Waals surface area contributed by atoms with Crippen molar-refractivity contribution < 1.29 is 9.21 Å². The Morgan fingerprint density at radius 1 is 1.03 bits per heavy atom. The van der Waals surface area contributed by atoms with Crippen LogP contribution in [0.1, 0.15) is 44.9 Å². The number of nitrogens with zero attached hydrogens (tertiary/aromatic N) is 1. The Bertz CT molecular complexity index is 971. The Kier molecular flexibility index (Phi) is 5.63. The third-order valence-corrected chi connectivity index (χ3v) is 7.14. The number of benzene rings is 2. The quantitative estimate of drug-likeness (QED) is 0.525. The van der Waals surface area contributed by atoms with E-state index >= 15 is 0 Å². The molecule has 2 fully saturated rings. The van der Waals surface area contributed by atoms with E-state index in [4.69, 9.17) is 9.40 Å². The van der Waals surface area contributed by atoms with Gasteiger partial charge in [-0.05, 0) is 43.9 Å². The van der Waals surface area contributed by atoms with E-state index in [9.17, 15) is 4.79 Å². The van der Waals surface area contributed by atoms with Gasteiger partial charge in [-0.15, -0.1) is 0 Å². The number of carbonyl (C=O) groups excluding carboxylic acids is 1. The van der Waals surface area contributed by atoms with Gasteiger partial charge in [0.1, 0.15) is 5.69 Å². The molecule has 160 valence electrons. The summed E-state index contributed by atoms with van der Waals surface area (Å²) in [6, 6.07) is 20.4. The maximum absolute atomic E-state index is 12.6. The van der Waals surface area contributed by atoms with Gasteiger partial charge in [-0.3, -0.25) is 4.79 Å². The maximum atomic E-state index is 12.6. The summed E-state index contributed by atoms with van der Waals surface area (Å²) in [5, 5.41) is 3.25. The van der Waals surface area contributed by atoms with Crippen molar-refractivity contribution in [3.8, 4) is 22.6 Å². The third-order valence-electron chi connectivity index (χ3n) is 7.14. The van der Waals surface area contributed by atoms with Crippen LogP contribution in [0.5, 0.6) is 0 Å². The summed E-state index contributed by atoms with van der Waals surface area (Å²) in [6.07, 6.45) is 6.28. The fraction of sp³-hybridized carbons (Fsp3) is 0.407. The van der Waals surface area contributed by atoms with Crippen molar-refractivity contribution in [2.75, 3.05) is 0 Å². The molecular formula is C27H30N2O2. The van der Waals surface area contributed by atoms with Gasteiger partial charge in [0.2, 0.25) is 5.91 Å². The number of oxazole rings is 1. The van der Waals surface area contributed by atoms with Crippen molar-refractivity contribution in [2.24, 2.45) is 17.8 Å². The van der Waals surface area contributed by atoms with Crippen LogP contribution in [-0.4, -0.2) is 16.9 Å². The van der Waals surface area contributed by atoms with Crippen LogP contribution in [0.15, 0.2) is 65.1 Å². The second kappa shape index (κ2) is 8.70. The van der Waals surface area contributed by atoms with E-state index in [1.165, 1.54) is 25.7 Å². The molecule has 2 bridgehead atoms. The number of fused-ring (bicyclic) bond motifs is 2. The molecule has 2 aliphatic rings. The molecular weight excluding hydrogens is 384 g/mol. The topological polar surface area (TPSA) is 55.1 Å². The summed E-state index contributed by atoms with van der Waals surface area (Å²) in [7, 11) is 0. The van der Waals surface area contributed by atoms with Crippen molar-refractivity contribution in [1.29, 1.82) is 0 Å². The molecule has 4 atom stereocenters. The van der Waals surface area contributed by atoms with Crippen LogP contribution in [0.25, 0.3) is 22.6 Å². The van der Waals surface area contributed by atoms with E-state index in [0.717, 1.165) is 34.4 Å². The van der Waals surface area contributed by atoms with Crippen LogP contribution < -0.4 is 5.32 Å². The minimum Gasteiger partial charge on any atom is -0.440 e. The number of aryl methyl sites for hydroxylation is 1. The largest absolute Gasteiger partial charge is 0.440 e. The van der Waals surface area contributed by atoms with E-state index in [1.807, 2.05) is 60.7 Å². The normalized spacial score (nSPS) is 23.1. The first-order valence-corrected chi connectivity index (χ1v) is 11.6. The highest BCUT2D eigenvalue weighted by atomic mass is 16.4. The average molecular weight is 415 g/mol. The minimum atomic E-state index is 0.0935. The number of amides is 1. The summed E-state index contributed by atoms with van der Waals surface area (Å²) >= 11 is 0. The van der Waals surface area contributed by atoms with Crippen molar-refractivity contribution in [3.63, 3.8) is 0 Å². The van der Waals surface area contributed by atoms with Crippen LogP contribution in [0.3, 0.4) is 0 Å². The van der Waals surface area contributed by atoms with Crippen LogP contribution >= 0.6 is 0 Å². The van der Waals surface area contributed by atoms with Crippen LogP contribution in [0.4, 0.5) is 0 Å². The summed E-state index contributed by atoms with van der Waals surface area (Å²) in [5.74, 6) is 3.83. The van der Waals surface area contributed by atoms with Crippen LogP contribution in [0.2, 0.25) is 0 Å². The van der Waals surface area contributed by atoms with Gasteiger partial charge < -0.3 is 9.73 Å². The lowest BCUT2D eigenvalue weighted by molar-refractivity contribution is -0.122. The van der Waals surface area contributed by atoms with E-state index in [0.29, 0.717) is 24.7 Å². The predicted molar refractivity (Wildman–Crippen MR) is 122 cm³/mol. The molecule has 5 rings (SSSR count). The van der Waals surface area contributed by atoms with Gasteiger partial charge in [0.25, 0.3) is 0 Å². The van der Waals surface area contributed by atoms with Gasteiger partial charge in [-0.2, -0.15) is 0 Å². The number of aromatic nitrogens is 1. The highest BCUT2D eigenvalue weighted by Gasteiger charge is 2.42. The summed E-state index contributed by atoms with van der Waals surface area (Å²) < 4.78 is 6.16. The predicted octanol–water partition coefficient (Wildman–Crippen LogP) is 5.88. The molecule has 0 unspecified atom stereocenters. The SMILES string of the molecule is C[C@@H](NC(=O)CCc1nc(-c2ccccc2)c(-c2ccccc2)o1)[C@@H]1C[C@H]2CC[C@H]1C2. The Morgan fingerprint density at radius 3 is 2.39 bits per heavy atom. The van der Waals surface area contributed by atoms with E-state index in [2.05, 4.69) is 12.2 Å². The molecule has 0 spiro atoms. The molecule has 0 aliphatic heterocycles. The molecule has 31 heavy (non-hydrogen) atoms. The molecule has 1 heterocycles. The molecule has 4 nitrogen and oxygen atoms in total. The first-order chi connectivity index (χ1) is 15.2. The fourth-order valence-corrected chi connectivity index (χ4v) is 5.61. The van der Waals surface area contributed by atoms with E-state index in [1.54, 1.807) is 0 Å². The first kappa shape index (κ1) is 20.0. The van der Waals surface area contributed by atoms with Gasteiger partial charge in [-0.1, -0.05) is 67.1 Å². The van der Waals surface area contributed by atoms with Crippen molar-refractivity contribution in [3.05, 3.63) is 66.6 Å². The molecule has 2 aromatic carbocycles. The standard InChI is InChI=1S/C27H30N2O2/c1-18(23-17-19-12-13-22(23)16-19)28-24(30)14-15-25-29-26(20-8-4-2-5-9-20)27(31-25)21-10-6-3-7-11-21/h2-11,18-19,22-23H,12-17H2,1H3,(H,28,30)/t18-,19+,22+,23+/m1/s1. The van der Waals surface area contributed by atoms with E-state index in [-0.39, 0.29) is 11.9 Å². The molecule has 0 radical (unpaired) electrons. The molecule has 1 aromatic heterocycles. The van der Waals surface area contributed by atoms with Gasteiger partial charge in [-0.25, -0.2) is 4.98 Å². The van der Waals surface area contributed by atoms with Crippen molar-refractivity contribution in [1.82, 2.24) is 10.3 Å². The zero-order chi connectivity index (χ0) is 21.2. The molecule has 2 saturated carbocycles. The van der Waals surface area contributed by atoms with Crippen LogP contribution in [0, 0.1) is 17.8 Å². The lowest BCUT2D eigenvalue weighted by Crippen LogP contribution is -2.40. The maximum Gasteiger partial charge on any atom is 0.220 e. The Morgan fingerprint density at radius 2 is 1.74 bits per heavy atom. The van der Waals surface area contributed by atoms with E-state index < -0.39 is 0 Å². The lowest BCUT2D eigenvalue weighted by Gasteiger charge is -2.28. The first-order valence-electron chi connectivity index (χ1n) is 11.6. The second-order valence-corrected chi connectivity index (χ2v) is 9.21. The second-order valence-electron chi connectivity index (χ2n) is 9.21. The number of rotatable bonds is 7. The summed E-state index contributed by atoms with van der Waals surface area (Å²) in [5.41, 5.74) is 2.85. The van der Waals surface area contributed by atoms with Gasteiger partial charge in [0, 0.05) is 30.0 Å². The van der Waals surface area contributed by atoms with Crippen LogP contribution in [-0.2, 0) is 11.2 Å². The third kappa shape index (κ3) is 4.30. The number of carbonyl (C=O) groups is 1. The Balaban J connectivity index is 1.27. The Labute approximate surface area is 184 Å². The summed E-state index contributed by atoms with van der Waals surface area (Å²) in [4.78, 5) is 17.4. The number of hydrogen-bond donors (Lipinski definition) is 1. The zero-order valence-corrected chi connectivity index (χ0v) is 18.1. The zero-order valence-electron chi connectivity index (χ0n) is 18.1. The summed E-state index contributed by atoms with van der Waals surface area (Å²) in [6.45, 7) is 2.18. The molecule has 3 aromatic rings. The Hall–Kier alpha value is -2.88. The van der Waals surface area contributed by atoms with Gasteiger partial charge in [0.15, 0.2) is 11.7 Å². The van der Waals surface area contributed by atoms with Crippen molar-refractivity contribution >= 4 is 5.91 Å². The number of hydrogen-bond acceptors (Lipinski definition) is 3. The minimum absolute atomic E-state index is 0.0935. The molecule has 4 heteroatoms. The monoisotopic (exact) mass is 414 g/mol. The van der Waals surface area contributed by atoms with Crippen molar-refractivity contribution in [2.45, 2.75) is 51.5 Å². The lowest BCUT2D eigenvalue weighted by atomic mass is 9.84. The highest BCUT2D eigenvalue weighted by molar-refractivity contribution is 5.78.